The van der Waals surface area contributed by atoms with Gasteiger partial charge in [0.1, 0.15) is 0 Å². The van der Waals surface area contributed by atoms with Gasteiger partial charge in [-0.3, -0.25) is 5.10 Å². The summed E-state index contributed by atoms with van der Waals surface area (Å²) in [6.07, 6.45) is 0. The van der Waals surface area contributed by atoms with E-state index < -0.39 is 0 Å². The largest absolute Gasteiger partial charge is 0.399 e. The Kier molecular flexibility index (Phi) is 3.05. The van der Waals surface area contributed by atoms with Crippen molar-refractivity contribution in [3.8, 4) is 22.8 Å². The molecule has 0 radical (unpaired) electrons. The average molecular weight is 315 g/mol. The van der Waals surface area contributed by atoms with Gasteiger partial charge in [0, 0.05) is 21.3 Å². The van der Waals surface area contributed by atoms with Gasteiger partial charge in [0.25, 0.3) is 0 Å². The lowest BCUT2D eigenvalue weighted by Gasteiger charge is -1.96. The van der Waals surface area contributed by atoms with Crippen LogP contribution in [0.15, 0.2) is 53.0 Å². The number of hydrogen-bond donors (Lipinski definition) is 2. The van der Waals surface area contributed by atoms with E-state index in [1.165, 1.54) is 0 Å². The summed E-state index contributed by atoms with van der Waals surface area (Å²) in [6.45, 7) is 0. The standard InChI is InChI=1S/C14H11BrN4/c15-11-5-1-9(2-6-11)13-17-14(19-18-13)10-3-7-12(16)8-4-10/h1-8H,16H2,(H,17,18,19). The minimum absolute atomic E-state index is 0.665. The smallest absolute Gasteiger partial charge is 0.181 e. The second kappa shape index (κ2) is 4.85. The van der Waals surface area contributed by atoms with E-state index in [4.69, 9.17) is 5.73 Å². The zero-order valence-electron chi connectivity index (χ0n) is 9.97. The predicted octanol–water partition coefficient (Wildman–Crippen LogP) is 3.48. The zero-order chi connectivity index (χ0) is 13.2. The molecule has 3 rings (SSSR count). The summed E-state index contributed by atoms with van der Waals surface area (Å²) in [5.41, 5.74) is 8.33. The molecule has 2 aromatic carbocycles. The van der Waals surface area contributed by atoms with Crippen molar-refractivity contribution >= 4 is 21.6 Å². The Balaban J connectivity index is 1.95. The van der Waals surface area contributed by atoms with Gasteiger partial charge in [-0.1, -0.05) is 28.1 Å². The Morgan fingerprint density at radius 3 is 2.21 bits per heavy atom. The van der Waals surface area contributed by atoms with Crippen LogP contribution in [0.4, 0.5) is 5.69 Å². The first kappa shape index (κ1) is 11.9. The molecule has 0 atom stereocenters. The summed E-state index contributed by atoms with van der Waals surface area (Å²) in [5.74, 6) is 1.41. The van der Waals surface area contributed by atoms with Gasteiger partial charge in [-0.05, 0) is 36.4 Å². The molecule has 0 aliphatic heterocycles. The molecular weight excluding hydrogens is 304 g/mol. The average Bonchev–Trinajstić information content (AvgIpc) is 2.90. The van der Waals surface area contributed by atoms with Gasteiger partial charge in [0.05, 0.1) is 0 Å². The van der Waals surface area contributed by atoms with Gasteiger partial charge in [0.2, 0.25) is 0 Å². The number of hydrogen-bond acceptors (Lipinski definition) is 3. The van der Waals surface area contributed by atoms with E-state index in [1.54, 1.807) is 0 Å². The van der Waals surface area contributed by atoms with Crippen LogP contribution >= 0.6 is 15.9 Å². The summed E-state index contributed by atoms with van der Waals surface area (Å²) in [4.78, 5) is 4.49. The molecule has 1 aromatic heterocycles. The van der Waals surface area contributed by atoms with Crippen molar-refractivity contribution in [3.05, 3.63) is 53.0 Å². The Labute approximate surface area is 118 Å². The predicted molar refractivity (Wildman–Crippen MR) is 79.4 cm³/mol. The summed E-state index contributed by atoms with van der Waals surface area (Å²) in [6, 6.07) is 15.4. The number of nitrogens with one attached hydrogen (secondary N) is 1. The Morgan fingerprint density at radius 1 is 0.895 bits per heavy atom. The number of halogens is 1. The van der Waals surface area contributed by atoms with Crippen LogP contribution in [0.5, 0.6) is 0 Å². The highest BCUT2D eigenvalue weighted by Crippen LogP contribution is 2.22. The van der Waals surface area contributed by atoms with Crippen molar-refractivity contribution in [2.45, 2.75) is 0 Å². The minimum Gasteiger partial charge on any atom is -0.399 e. The van der Waals surface area contributed by atoms with Crippen LogP contribution in [0.3, 0.4) is 0 Å². The molecular formula is C14H11BrN4. The normalized spacial score (nSPS) is 10.6. The fourth-order valence-corrected chi connectivity index (χ4v) is 2.02. The lowest BCUT2D eigenvalue weighted by atomic mass is 10.2. The van der Waals surface area contributed by atoms with Crippen LogP contribution in [0.2, 0.25) is 0 Å². The number of rotatable bonds is 2. The van der Waals surface area contributed by atoms with E-state index in [2.05, 4.69) is 31.1 Å². The molecule has 3 aromatic rings. The van der Waals surface area contributed by atoms with Crippen LogP contribution < -0.4 is 5.73 Å². The van der Waals surface area contributed by atoms with E-state index in [1.807, 2.05) is 48.5 Å². The fraction of sp³-hybridized carbons (Fsp3) is 0. The van der Waals surface area contributed by atoms with Crippen LogP contribution in [-0.4, -0.2) is 15.2 Å². The number of aromatic amines is 1. The Hall–Kier alpha value is -2.14. The van der Waals surface area contributed by atoms with Crippen molar-refractivity contribution in [1.82, 2.24) is 15.2 Å². The molecule has 3 N–H and O–H groups in total. The lowest BCUT2D eigenvalue weighted by molar-refractivity contribution is 1.10. The van der Waals surface area contributed by atoms with Gasteiger partial charge >= 0.3 is 0 Å². The van der Waals surface area contributed by atoms with Gasteiger partial charge < -0.3 is 5.73 Å². The topological polar surface area (TPSA) is 67.6 Å². The van der Waals surface area contributed by atoms with Crippen molar-refractivity contribution in [2.24, 2.45) is 0 Å². The van der Waals surface area contributed by atoms with E-state index in [0.717, 1.165) is 27.1 Å². The first-order valence-corrected chi connectivity index (χ1v) is 6.56. The van der Waals surface area contributed by atoms with Gasteiger partial charge in [-0.25, -0.2) is 4.98 Å². The molecule has 0 spiro atoms. The molecule has 0 aliphatic carbocycles. The highest BCUT2D eigenvalue weighted by molar-refractivity contribution is 9.10. The molecule has 0 saturated heterocycles. The van der Waals surface area contributed by atoms with Gasteiger partial charge in [-0.15, -0.1) is 0 Å². The van der Waals surface area contributed by atoms with Gasteiger partial charge in [0.15, 0.2) is 11.6 Å². The SMILES string of the molecule is Nc1ccc(-c2n[nH]c(-c3ccc(Br)cc3)n2)cc1. The maximum Gasteiger partial charge on any atom is 0.181 e. The highest BCUT2D eigenvalue weighted by Gasteiger charge is 2.07. The second-order valence-corrected chi connectivity index (χ2v) is 5.05. The van der Waals surface area contributed by atoms with E-state index in [9.17, 15) is 0 Å². The Morgan fingerprint density at radius 2 is 1.53 bits per heavy atom. The third-order valence-corrected chi connectivity index (χ3v) is 3.30. The maximum absolute atomic E-state index is 5.66. The fourth-order valence-electron chi connectivity index (χ4n) is 1.76. The number of benzene rings is 2. The van der Waals surface area contributed by atoms with E-state index in [0.29, 0.717) is 5.82 Å². The van der Waals surface area contributed by atoms with E-state index >= 15 is 0 Å². The molecule has 0 fully saturated rings. The molecule has 0 amide bonds. The summed E-state index contributed by atoms with van der Waals surface area (Å²) >= 11 is 3.41. The van der Waals surface area contributed by atoms with Crippen molar-refractivity contribution in [2.75, 3.05) is 5.73 Å². The number of H-pyrrole nitrogens is 1. The number of nitrogen functional groups attached to an aromatic ring is 1. The minimum atomic E-state index is 0.665. The monoisotopic (exact) mass is 314 g/mol. The summed E-state index contributed by atoms with van der Waals surface area (Å²) in [7, 11) is 0. The number of anilines is 1. The first-order valence-electron chi connectivity index (χ1n) is 5.76. The molecule has 94 valence electrons. The quantitative estimate of drug-likeness (QED) is 0.711. The zero-order valence-corrected chi connectivity index (χ0v) is 11.6. The lowest BCUT2D eigenvalue weighted by Crippen LogP contribution is -1.85. The van der Waals surface area contributed by atoms with Crippen molar-refractivity contribution in [1.29, 1.82) is 0 Å². The van der Waals surface area contributed by atoms with Crippen LogP contribution in [0.1, 0.15) is 0 Å². The number of nitrogens with two attached hydrogens (primary N) is 1. The maximum atomic E-state index is 5.66. The van der Waals surface area contributed by atoms with Crippen molar-refractivity contribution in [3.63, 3.8) is 0 Å². The molecule has 0 unspecified atom stereocenters. The number of aromatic nitrogens is 3. The third-order valence-electron chi connectivity index (χ3n) is 2.77. The third kappa shape index (κ3) is 2.51. The Bertz CT molecular complexity index is 626. The molecule has 0 aliphatic rings. The van der Waals surface area contributed by atoms with Crippen molar-refractivity contribution < 1.29 is 0 Å². The van der Waals surface area contributed by atoms with Crippen LogP contribution in [0, 0.1) is 0 Å². The summed E-state index contributed by atoms with van der Waals surface area (Å²) < 4.78 is 1.04. The molecule has 4 nitrogen and oxygen atoms in total. The van der Waals surface area contributed by atoms with E-state index in [-0.39, 0.29) is 0 Å². The van der Waals surface area contributed by atoms with Gasteiger partial charge in [-0.2, -0.15) is 5.10 Å². The molecule has 5 heteroatoms. The van der Waals surface area contributed by atoms with Crippen LogP contribution in [0.25, 0.3) is 22.8 Å². The second-order valence-electron chi connectivity index (χ2n) is 4.14. The first-order chi connectivity index (χ1) is 9.22. The molecule has 0 saturated carbocycles. The highest BCUT2D eigenvalue weighted by atomic mass is 79.9. The molecule has 1 heterocycles. The summed E-state index contributed by atoms with van der Waals surface area (Å²) in [5, 5.41) is 7.17. The number of nitrogens with zero attached hydrogens (tertiary/aromatic N) is 2. The molecule has 19 heavy (non-hydrogen) atoms. The van der Waals surface area contributed by atoms with Crippen LogP contribution in [-0.2, 0) is 0 Å². The molecule has 0 bridgehead atoms.